The first-order valence-electron chi connectivity index (χ1n) is 6.39. The molecule has 2 rings (SSSR count). The second-order valence-electron chi connectivity index (χ2n) is 4.46. The van der Waals surface area contributed by atoms with Gasteiger partial charge in [0, 0.05) is 6.61 Å². The molecular weight excluding hydrogens is 218 g/mol. The molecule has 0 amide bonds. The summed E-state index contributed by atoms with van der Waals surface area (Å²) in [6.07, 6.45) is 2.42. The van der Waals surface area contributed by atoms with Gasteiger partial charge in [0.2, 0.25) is 0 Å². The predicted molar refractivity (Wildman–Crippen MR) is 63.6 cm³/mol. The first-order chi connectivity index (χ1) is 8.26. The monoisotopic (exact) mass is 239 g/mol. The van der Waals surface area contributed by atoms with E-state index in [1.165, 1.54) is 0 Å². The highest BCUT2D eigenvalue weighted by Gasteiger charge is 2.34. The van der Waals surface area contributed by atoms with E-state index >= 15 is 0 Å². The average Bonchev–Trinajstić information content (AvgIpc) is 2.71. The molecule has 0 bridgehead atoms. The van der Waals surface area contributed by atoms with Crippen LogP contribution < -0.4 is 5.32 Å². The third kappa shape index (κ3) is 2.63. The van der Waals surface area contributed by atoms with Crippen molar-refractivity contribution in [2.75, 3.05) is 13.2 Å². The van der Waals surface area contributed by atoms with Crippen LogP contribution >= 0.6 is 0 Å². The number of rotatable bonds is 6. The quantitative estimate of drug-likeness (QED) is 0.805. The first kappa shape index (κ1) is 12.4. The lowest BCUT2D eigenvalue weighted by Crippen LogP contribution is -2.36. The summed E-state index contributed by atoms with van der Waals surface area (Å²) in [7, 11) is 0. The molecule has 1 unspecified atom stereocenters. The van der Waals surface area contributed by atoms with Gasteiger partial charge in [0.15, 0.2) is 5.82 Å². The van der Waals surface area contributed by atoms with E-state index in [0.717, 1.165) is 31.8 Å². The van der Waals surface area contributed by atoms with Gasteiger partial charge in [-0.05, 0) is 43.7 Å². The SMILES string of the molecule is CCNC(C)c1nnnn1C1CC(OCC)C1. The van der Waals surface area contributed by atoms with E-state index in [1.807, 2.05) is 11.6 Å². The zero-order valence-electron chi connectivity index (χ0n) is 10.8. The van der Waals surface area contributed by atoms with Crippen molar-refractivity contribution < 1.29 is 4.74 Å². The molecule has 1 aliphatic rings. The van der Waals surface area contributed by atoms with Crippen molar-refractivity contribution in [1.82, 2.24) is 25.5 Å². The second-order valence-corrected chi connectivity index (χ2v) is 4.46. The maximum Gasteiger partial charge on any atom is 0.168 e. The number of nitrogens with one attached hydrogen (secondary N) is 1. The van der Waals surface area contributed by atoms with Gasteiger partial charge in [-0.3, -0.25) is 0 Å². The van der Waals surface area contributed by atoms with E-state index in [9.17, 15) is 0 Å². The lowest BCUT2D eigenvalue weighted by Gasteiger charge is -2.35. The molecule has 0 spiro atoms. The molecule has 0 aliphatic heterocycles. The topological polar surface area (TPSA) is 64.9 Å². The smallest absolute Gasteiger partial charge is 0.168 e. The fraction of sp³-hybridized carbons (Fsp3) is 0.909. The van der Waals surface area contributed by atoms with Crippen LogP contribution in [0.3, 0.4) is 0 Å². The van der Waals surface area contributed by atoms with Crippen molar-refractivity contribution >= 4 is 0 Å². The van der Waals surface area contributed by atoms with Crippen molar-refractivity contribution in [2.24, 2.45) is 0 Å². The molecule has 1 aromatic rings. The number of ether oxygens (including phenoxy) is 1. The molecule has 1 aliphatic carbocycles. The molecule has 1 saturated carbocycles. The van der Waals surface area contributed by atoms with Gasteiger partial charge < -0.3 is 10.1 Å². The van der Waals surface area contributed by atoms with Crippen molar-refractivity contribution in [2.45, 2.75) is 51.8 Å². The zero-order chi connectivity index (χ0) is 12.3. The Morgan fingerprint density at radius 3 is 2.88 bits per heavy atom. The van der Waals surface area contributed by atoms with Crippen molar-refractivity contribution in [3.8, 4) is 0 Å². The fourth-order valence-corrected chi connectivity index (χ4v) is 2.25. The molecule has 1 fully saturated rings. The van der Waals surface area contributed by atoms with Gasteiger partial charge in [0.25, 0.3) is 0 Å². The number of nitrogens with zero attached hydrogens (tertiary/aromatic N) is 4. The van der Waals surface area contributed by atoms with Gasteiger partial charge in [0.05, 0.1) is 18.2 Å². The van der Waals surface area contributed by atoms with Gasteiger partial charge in [-0.1, -0.05) is 6.92 Å². The number of aromatic nitrogens is 4. The Kier molecular flexibility index (Phi) is 4.06. The molecule has 0 saturated heterocycles. The lowest BCUT2D eigenvalue weighted by molar-refractivity contribution is -0.0241. The van der Waals surface area contributed by atoms with Crippen molar-refractivity contribution in [1.29, 1.82) is 0 Å². The molecule has 1 atom stereocenters. The van der Waals surface area contributed by atoms with E-state index < -0.39 is 0 Å². The Morgan fingerprint density at radius 2 is 2.24 bits per heavy atom. The van der Waals surface area contributed by atoms with Gasteiger partial charge in [-0.25, -0.2) is 4.68 Å². The Bertz CT molecular complexity index is 347. The Labute approximate surface area is 102 Å². The Balaban J connectivity index is 1.96. The first-order valence-corrected chi connectivity index (χ1v) is 6.39. The van der Waals surface area contributed by atoms with Crippen LogP contribution in [0.15, 0.2) is 0 Å². The standard InChI is InChI=1S/C11H21N5O/c1-4-12-8(3)11-13-14-15-16(11)9-6-10(7-9)17-5-2/h8-10,12H,4-7H2,1-3H3. The highest BCUT2D eigenvalue weighted by Crippen LogP contribution is 2.34. The summed E-state index contributed by atoms with van der Waals surface area (Å²) < 4.78 is 7.50. The van der Waals surface area contributed by atoms with Crippen LogP contribution in [0.1, 0.15) is 51.5 Å². The van der Waals surface area contributed by atoms with Crippen molar-refractivity contribution in [3.05, 3.63) is 5.82 Å². The van der Waals surface area contributed by atoms with Crippen LogP contribution in [-0.2, 0) is 4.74 Å². The van der Waals surface area contributed by atoms with Crippen LogP contribution in [0.5, 0.6) is 0 Å². The summed E-state index contributed by atoms with van der Waals surface area (Å²) in [6, 6.07) is 0.596. The van der Waals surface area contributed by atoms with Crippen LogP contribution in [0.2, 0.25) is 0 Å². The molecule has 6 nitrogen and oxygen atoms in total. The van der Waals surface area contributed by atoms with Crippen LogP contribution in [0.4, 0.5) is 0 Å². The number of hydrogen-bond donors (Lipinski definition) is 1. The summed E-state index contributed by atoms with van der Waals surface area (Å²) >= 11 is 0. The Morgan fingerprint density at radius 1 is 1.47 bits per heavy atom. The molecule has 1 aromatic heterocycles. The molecule has 1 heterocycles. The maximum absolute atomic E-state index is 5.56. The largest absolute Gasteiger partial charge is 0.378 e. The van der Waals surface area contributed by atoms with E-state index in [2.05, 4.69) is 34.7 Å². The molecular formula is C11H21N5O. The van der Waals surface area contributed by atoms with Crippen LogP contribution in [0, 0.1) is 0 Å². The van der Waals surface area contributed by atoms with Gasteiger partial charge in [0.1, 0.15) is 0 Å². The van der Waals surface area contributed by atoms with Gasteiger partial charge >= 0.3 is 0 Å². The average molecular weight is 239 g/mol. The fourth-order valence-electron chi connectivity index (χ4n) is 2.25. The van der Waals surface area contributed by atoms with E-state index in [1.54, 1.807) is 0 Å². The number of hydrogen-bond acceptors (Lipinski definition) is 5. The normalized spacial score (nSPS) is 25.6. The summed E-state index contributed by atoms with van der Waals surface area (Å²) in [5, 5.41) is 15.3. The molecule has 0 aromatic carbocycles. The van der Waals surface area contributed by atoms with Crippen LogP contribution in [0.25, 0.3) is 0 Å². The molecule has 17 heavy (non-hydrogen) atoms. The highest BCUT2D eigenvalue weighted by atomic mass is 16.5. The van der Waals surface area contributed by atoms with Crippen molar-refractivity contribution in [3.63, 3.8) is 0 Å². The number of tetrazole rings is 1. The minimum Gasteiger partial charge on any atom is -0.378 e. The van der Waals surface area contributed by atoms with Crippen LogP contribution in [-0.4, -0.2) is 39.5 Å². The minimum absolute atomic E-state index is 0.196. The van der Waals surface area contributed by atoms with E-state index in [-0.39, 0.29) is 6.04 Å². The van der Waals surface area contributed by atoms with Gasteiger partial charge in [-0.2, -0.15) is 0 Å². The third-order valence-corrected chi connectivity index (χ3v) is 3.23. The third-order valence-electron chi connectivity index (χ3n) is 3.23. The molecule has 6 heteroatoms. The van der Waals surface area contributed by atoms with E-state index in [0.29, 0.717) is 12.1 Å². The molecule has 96 valence electrons. The molecule has 1 N–H and O–H groups in total. The summed E-state index contributed by atoms with van der Waals surface area (Å²) in [5.41, 5.74) is 0. The summed E-state index contributed by atoms with van der Waals surface area (Å²) in [5.74, 6) is 0.923. The maximum atomic E-state index is 5.56. The summed E-state index contributed by atoms with van der Waals surface area (Å²) in [4.78, 5) is 0. The van der Waals surface area contributed by atoms with Gasteiger partial charge in [-0.15, -0.1) is 5.10 Å². The highest BCUT2D eigenvalue weighted by molar-refractivity contribution is 4.96. The lowest BCUT2D eigenvalue weighted by atomic mass is 9.89. The Hall–Kier alpha value is -1.01. The summed E-state index contributed by atoms with van der Waals surface area (Å²) in [6.45, 7) is 7.90. The second kappa shape index (κ2) is 5.55. The minimum atomic E-state index is 0.196. The van der Waals surface area contributed by atoms with E-state index in [4.69, 9.17) is 4.74 Å². The molecule has 0 radical (unpaired) electrons. The predicted octanol–water partition coefficient (Wildman–Crippen LogP) is 1.08. The zero-order valence-corrected chi connectivity index (χ0v) is 10.8.